The van der Waals surface area contributed by atoms with Crippen LogP contribution in [0.5, 0.6) is 5.75 Å². The van der Waals surface area contributed by atoms with Gasteiger partial charge in [0.2, 0.25) is 5.91 Å². The van der Waals surface area contributed by atoms with Gasteiger partial charge in [-0.15, -0.1) is 0 Å². The molecule has 7 heteroatoms. The summed E-state index contributed by atoms with van der Waals surface area (Å²) in [4.78, 5) is 19.5. The number of fused-ring (bicyclic) bond motifs is 1. The molecule has 7 nitrogen and oxygen atoms in total. The van der Waals surface area contributed by atoms with Crippen molar-refractivity contribution in [3.05, 3.63) is 77.1 Å². The monoisotopic (exact) mass is 425 g/mol. The molecule has 4 rings (SSSR count). The van der Waals surface area contributed by atoms with Crippen molar-refractivity contribution in [1.29, 1.82) is 5.26 Å². The van der Waals surface area contributed by atoms with Gasteiger partial charge in [-0.2, -0.15) is 10.4 Å². The van der Waals surface area contributed by atoms with E-state index in [0.717, 1.165) is 39.6 Å². The van der Waals surface area contributed by atoms with E-state index in [0.29, 0.717) is 11.2 Å². The second kappa shape index (κ2) is 8.52. The van der Waals surface area contributed by atoms with Gasteiger partial charge in [0.15, 0.2) is 5.65 Å². The number of likely N-dealkylation sites (N-methyl/N-ethyl adjacent to an activating group) is 1. The van der Waals surface area contributed by atoms with Gasteiger partial charge in [0, 0.05) is 35.2 Å². The SMILES string of the molecule is COc1ccc(-c2nn3c(C)cc(C)nc3c2CC(=O)N(C)c2ccc(C#N)cc2)cc1. The Hall–Kier alpha value is -4.18. The second-order valence-electron chi connectivity index (χ2n) is 7.62. The molecule has 0 radical (unpaired) electrons. The van der Waals surface area contributed by atoms with Crippen LogP contribution in [0.4, 0.5) is 5.69 Å². The van der Waals surface area contributed by atoms with Crippen LogP contribution >= 0.6 is 0 Å². The van der Waals surface area contributed by atoms with E-state index in [1.807, 2.05) is 44.2 Å². The van der Waals surface area contributed by atoms with Gasteiger partial charge in [0.1, 0.15) is 5.75 Å². The van der Waals surface area contributed by atoms with Crippen LogP contribution in [0.25, 0.3) is 16.9 Å². The van der Waals surface area contributed by atoms with Gasteiger partial charge >= 0.3 is 0 Å². The number of amides is 1. The Morgan fingerprint density at radius 2 is 1.81 bits per heavy atom. The average molecular weight is 425 g/mol. The first-order chi connectivity index (χ1) is 15.4. The van der Waals surface area contributed by atoms with Crippen LogP contribution in [0, 0.1) is 25.2 Å². The molecule has 0 atom stereocenters. The lowest BCUT2D eigenvalue weighted by molar-refractivity contribution is -0.117. The molecular weight excluding hydrogens is 402 g/mol. The number of anilines is 1. The molecule has 0 saturated carbocycles. The highest BCUT2D eigenvalue weighted by atomic mass is 16.5. The maximum Gasteiger partial charge on any atom is 0.231 e. The van der Waals surface area contributed by atoms with Gasteiger partial charge < -0.3 is 9.64 Å². The first kappa shape index (κ1) is 21.1. The fourth-order valence-electron chi connectivity index (χ4n) is 3.68. The van der Waals surface area contributed by atoms with E-state index in [1.54, 1.807) is 47.8 Å². The van der Waals surface area contributed by atoms with Gasteiger partial charge in [-0.1, -0.05) is 0 Å². The lowest BCUT2D eigenvalue weighted by Crippen LogP contribution is -2.28. The number of nitrogens with zero attached hydrogens (tertiary/aromatic N) is 5. The zero-order valence-electron chi connectivity index (χ0n) is 18.5. The van der Waals surface area contributed by atoms with E-state index in [4.69, 9.17) is 20.1 Å². The molecule has 0 unspecified atom stereocenters. The fraction of sp³-hybridized carbons (Fsp3) is 0.200. The van der Waals surface area contributed by atoms with Gasteiger partial charge in [0.05, 0.1) is 30.9 Å². The highest BCUT2D eigenvalue weighted by Crippen LogP contribution is 2.29. The van der Waals surface area contributed by atoms with E-state index < -0.39 is 0 Å². The normalized spacial score (nSPS) is 10.7. The van der Waals surface area contributed by atoms with Crippen molar-refractivity contribution in [3.63, 3.8) is 0 Å². The van der Waals surface area contributed by atoms with Gasteiger partial charge in [-0.3, -0.25) is 4.79 Å². The average Bonchev–Trinajstić information content (AvgIpc) is 3.17. The van der Waals surface area contributed by atoms with E-state index in [-0.39, 0.29) is 12.3 Å². The Balaban J connectivity index is 1.77. The molecule has 0 spiro atoms. The summed E-state index contributed by atoms with van der Waals surface area (Å²) in [5, 5.41) is 13.8. The van der Waals surface area contributed by atoms with Gasteiger partial charge in [0.25, 0.3) is 0 Å². The molecule has 0 aliphatic rings. The zero-order valence-corrected chi connectivity index (χ0v) is 18.5. The fourth-order valence-corrected chi connectivity index (χ4v) is 3.68. The summed E-state index contributed by atoms with van der Waals surface area (Å²) in [7, 11) is 3.35. The van der Waals surface area contributed by atoms with Crippen molar-refractivity contribution in [3.8, 4) is 23.1 Å². The van der Waals surface area contributed by atoms with E-state index in [2.05, 4.69) is 6.07 Å². The Bertz CT molecular complexity index is 1330. The predicted molar refractivity (Wildman–Crippen MR) is 123 cm³/mol. The number of nitriles is 1. The number of hydrogen-bond acceptors (Lipinski definition) is 5. The molecule has 0 N–H and O–H groups in total. The molecule has 0 aliphatic heterocycles. The molecule has 0 fully saturated rings. The number of ether oxygens (including phenoxy) is 1. The summed E-state index contributed by atoms with van der Waals surface area (Å²) in [6.07, 6.45) is 0.136. The molecule has 2 heterocycles. The number of benzene rings is 2. The molecule has 0 bridgehead atoms. The molecule has 4 aromatic rings. The van der Waals surface area contributed by atoms with Crippen LogP contribution in [0.1, 0.15) is 22.5 Å². The number of rotatable bonds is 5. The van der Waals surface area contributed by atoms with Crippen molar-refractivity contribution in [1.82, 2.24) is 14.6 Å². The molecule has 2 aromatic heterocycles. The number of carbonyl (C=O) groups excluding carboxylic acids is 1. The van der Waals surface area contributed by atoms with Crippen molar-refractivity contribution in [2.24, 2.45) is 0 Å². The van der Waals surface area contributed by atoms with Crippen molar-refractivity contribution in [2.45, 2.75) is 20.3 Å². The first-order valence-corrected chi connectivity index (χ1v) is 10.2. The highest BCUT2D eigenvalue weighted by molar-refractivity contribution is 5.96. The standard InChI is InChI=1S/C25H23N5O2/c1-16-13-17(2)30-25(27-16)22(24(28-30)19-7-11-21(32-4)12-8-19)14-23(31)29(3)20-9-5-18(15-26)6-10-20/h5-13H,14H2,1-4H3. The van der Waals surface area contributed by atoms with Crippen LogP contribution in [0.15, 0.2) is 54.6 Å². The highest BCUT2D eigenvalue weighted by Gasteiger charge is 2.22. The zero-order chi connectivity index (χ0) is 22.8. The van der Waals surface area contributed by atoms with Crippen molar-refractivity contribution < 1.29 is 9.53 Å². The summed E-state index contributed by atoms with van der Waals surface area (Å²) in [5.74, 6) is 0.654. The third-order valence-electron chi connectivity index (χ3n) is 5.44. The molecule has 2 aromatic carbocycles. The van der Waals surface area contributed by atoms with E-state index in [1.165, 1.54) is 0 Å². The predicted octanol–water partition coefficient (Wildman–Crippen LogP) is 4.10. The maximum absolute atomic E-state index is 13.2. The van der Waals surface area contributed by atoms with Crippen LogP contribution in [0.3, 0.4) is 0 Å². The van der Waals surface area contributed by atoms with Crippen molar-refractivity contribution >= 4 is 17.2 Å². The van der Waals surface area contributed by atoms with Crippen molar-refractivity contribution in [2.75, 3.05) is 19.1 Å². The number of methoxy groups -OCH3 is 1. The van der Waals surface area contributed by atoms with E-state index in [9.17, 15) is 4.79 Å². The first-order valence-electron chi connectivity index (χ1n) is 10.2. The smallest absolute Gasteiger partial charge is 0.231 e. The molecule has 160 valence electrons. The summed E-state index contributed by atoms with van der Waals surface area (Å²) in [6.45, 7) is 3.91. The molecule has 32 heavy (non-hydrogen) atoms. The molecule has 1 amide bonds. The summed E-state index contributed by atoms with van der Waals surface area (Å²) < 4.78 is 7.06. The Morgan fingerprint density at radius 1 is 1.12 bits per heavy atom. The lowest BCUT2D eigenvalue weighted by Gasteiger charge is -2.17. The Morgan fingerprint density at radius 3 is 2.44 bits per heavy atom. The third kappa shape index (κ3) is 3.91. The Kier molecular flexibility index (Phi) is 5.61. The second-order valence-corrected chi connectivity index (χ2v) is 7.62. The van der Waals surface area contributed by atoms with Crippen LogP contribution in [-0.2, 0) is 11.2 Å². The minimum atomic E-state index is -0.0969. The van der Waals surface area contributed by atoms with E-state index >= 15 is 0 Å². The topological polar surface area (TPSA) is 83.5 Å². The summed E-state index contributed by atoms with van der Waals surface area (Å²) >= 11 is 0. The lowest BCUT2D eigenvalue weighted by atomic mass is 10.0. The van der Waals surface area contributed by atoms with Crippen LogP contribution < -0.4 is 9.64 Å². The largest absolute Gasteiger partial charge is 0.497 e. The minimum Gasteiger partial charge on any atom is -0.497 e. The number of aryl methyl sites for hydroxylation is 2. The van der Waals surface area contributed by atoms with Gasteiger partial charge in [-0.25, -0.2) is 9.50 Å². The molecule has 0 aliphatic carbocycles. The van der Waals surface area contributed by atoms with Gasteiger partial charge in [-0.05, 0) is 68.4 Å². The Labute approximate surface area is 186 Å². The third-order valence-corrected chi connectivity index (χ3v) is 5.44. The summed E-state index contributed by atoms with van der Waals surface area (Å²) in [6, 6.07) is 18.6. The number of aromatic nitrogens is 3. The molecule has 0 saturated heterocycles. The number of carbonyl (C=O) groups is 1. The maximum atomic E-state index is 13.2. The van der Waals surface area contributed by atoms with Crippen LogP contribution in [0.2, 0.25) is 0 Å². The van der Waals surface area contributed by atoms with Crippen LogP contribution in [-0.4, -0.2) is 34.7 Å². The minimum absolute atomic E-state index is 0.0969. The molecular formula is C25H23N5O2. The summed E-state index contributed by atoms with van der Waals surface area (Å²) in [5.41, 5.74) is 6.13. The number of hydrogen-bond donors (Lipinski definition) is 0. The quantitative estimate of drug-likeness (QED) is 0.481.